The summed E-state index contributed by atoms with van der Waals surface area (Å²) < 4.78 is 2.35. The third kappa shape index (κ3) is 2.23. The Balaban J connectivity index is 1.85. The third-order valence-corrected chi connectivity index (χ3v) is 5.82. The number of nitrogens with one attached hydrogen (secondary N) is 1. The predicted octanol–water partition coefficient (Wildman–Crippen LogP) is 6.35. The molecule has 0 saturated heterocycles. The van der Waals surface area contributed by atoms with Gasteiger partial charge < -0.3 is 9.55 Å². The lowest BCUT2D eigenvalue weighted by molar-refractivity contribution is 0.871. The number of hydrogen-bond donors (Lipinski definition) is 1. The van der Waals surface area contributed by atoms with Crippen LogP contribution >= 0.6 is 0 Å². The van der Waals surface area contributed by atoms with E-state index in [4.69, 9.17) is 0 Å². The van der Waals surface area contributed by atoms with E-state index in [-0.39, 0.29) is 0 Å². The van der Waals surface area contributed by atoms with Gasteiger partial charge in [-0.25, -0.2) is 0 Å². The molecule has 29 heavy (non-hydrogen) atoms. The monoisotopic (exact) mass is 371 g/mol. The van der Waals surface area contributed by atoms with Crippen LogP contribution in [0.3, 0.4) is 0 Å². The molecule has 6 rings (SSSR count). The topological polar surface area (TPSA) is 44.5 Å². The van der Waals surface area contributed by atoms with E-state index < -0.39 is 0 Å². The molecular weight excluding hydrogens is 354 g/mol. The van der Waals surface area contributed by atoms with Crippen molar-refractivity contribution in [2.45, 2.75) is 6.54 Å². The van der Waals surface area contributed by atoms with Crippen LogP contribution in [0, 0.1) is 11.3 Å². The summed E-state index contributed by atoms with van der Waals surface area (Å²) in [6.45, 7) is 0.754. The third-order valence-electron chi connectivity index (χ3n) is 5.82. The van der Waals surface area contributed by atoms with Crippen molar-refractivity contribution in [3.05, 3.63) is 96.1 Å². The Morgan fingerprint density at radius 1 is 0.793 bits per heavy atom. The molecule has 0 unspecified atom stereocenters. The van der Waals surface area contributed by atoms with E-state index in [1.54, 1.807) is 0 Å². The molecule has 0 aliphatic rings. The van der Waals surface area contributed by atoms with Gasteiger partial charge in [-0.3, -0.25) is 0 Å². The van der Waals surface area contributed by atoms with Crippen molar-refractivity contribution in [1.29, 1.82) is 5.26 Å². The number of hydrogen-bond acceptors (Lipinski definition) is 1. The van der Waals surface area contributed by atoms with E-state index in [0.29, 0.717) is 0 Å². The zero-order chi connectivity index (χ0) is 19.4. The summed E-state index contributed by atoms with van der Waals surface area (Å²) in [7, 11) is 0. The highest BCUT2D eigenvalue weighted by Crippen LogP contribution is 2.39. The van der Waals surface area contributed by atoms with Gasteiger partial charge >= 0.3 is 0 Å². The van der Waals surface area contributed by atoms with E-state index in [1.165, 1.54) is 5.56 Å². The molecule has 2 aromatic heterocycles. The van der Waals surface area contributed by atoms with Gasteiger partial charge in [-0.2, -0.15) is 5.26 Å². The summed E-state index contributed by atoms with van der Waals surface area (Å²) >= 11 is 0. The summed E-state index contributed by atoms with van der Waals surface area (Å²) in [5.74, 6) is 0. The molecule has 0 fully saturated rings. The minimum Gasteiger partial charge on any atom is -0.353 e. The first-order valence-corrected chi connectivity index (χ1v) is 9.73. The van der Waals surface area contributed by atoms with Gasteiger partial charge in [0.25, 0.3) is 0 Å². The molecule has 0 aliphatic heterocycles. The lowest BCUT2D eigenvalue weighted by Gasteiger charge is -2.09. The Morgan fingerprint density at radius 3 is 2.34 bits per heavy atom. The van der Waals surface area contributed by atoms with Crippen LogP contribution in [-0.4, -0.2) is 9.55 Å². The number of rotatable bonds is 2. The van der Waals surface area contributed by atoms with Crippen LogP contribution in [-0.2, 0) is 6.54 Å². The second-order valence-electron chi connectivity index (χ2n) is 7.44. The maximum Gasteiger partial charge on any atom is 0.0999 e. The molecule has 0 atom stereocenters. The van der Waals surface area contributed by atoms with Crippen LogP contribution in [0.25, 0.3) is 43.6 Å². The summed E-state index contributed by atoms with van der Waals surface area (Å²) in [4.78, 5) is 3.63. The minimum absolute atomic E-state index is 0.722. The maximum atomic E-state index is 9.99. The molecule has 0 radical (unpaired) electrons. The number of para-hydroxylation sites is 2. The first-order valence-electron chi connectivity index (χ1n) is 9.73. The van der Waals surface area contributed by atoms with Gasteiger partial charge in [-0.15, -0.1) is 0 Å². The number of benzene rings is 4. The molecule has 4 aromatic carbocycles. The molecule has 136 valence electrons. The van der Waals surface area contributed by atoms with Crippen LogP contribution in [0.5, 0.6) is 0 Å². The second-order valence-corrected chi connectivity index (χ2v) is 7.44. The summed E-state index contributed by atoms with van der Waals surface area (Å²) in [5, 5.41) is 14.4. The molecule has 6 aromatic rings. The van der Waals surface area contributed by atoms with Crippen molar-refractivity contribution < 1.29 is 0 Å². The smallest absolute Gasteiger partial charge is 0.0999 e. The normalized spacial score (nSPS) is 11.6. The van der Waals surface area contributed by atoms with E-state index in [2.05, 4.69) is 70.2 Å². The first kappa shape index (κ1) is 16.0. The summed E-state index contributed by atoms with van der Waals surface area (Å²) in [5.41, 5.74) is 6.39. The van der Waals surface area contributed by atoms with Gasteiger partial charge in [0, 0.05) is 39.1 Å². The summed E-state index contributed by atoms with van der Waals surface area (Å²) in [6.07, 6.45) is 0. The Labute approximate surface area is 167 Å². The zero-order valence-electron chi connectivity index (χ0n) is 15.7. The van der Waals surface area contributed by atoms with Crippen LogP contribution in [0.2, 0.25) is 0 Å². The highest BCUT2D eigenvalue weighted by molar-refractivity contribution is 6.23. The minimum atomic E-state index is 0.722. The molecule has 1 N–H and O–H groups in total. The van der Waals surface area contributed by atoms with Crippen molar-refractivity contribution in [2.24, 2.45) is 0 Å². The van der Waals surface area contributed by atoms with E-state index in [0.717, 1.165) is 55.7 Å². The Kier molecular flexibility index (Phi) is 3.30. The fourth-order valence-electron chi connectivity index (χ4n) is 4.57. The number of nitrogens with zero attached hydrogens (tertiary/aromatic N) is 2. The van der Waals surface area contributed by atoms with E-state index in [9.17, 15) is 5.26 Å². The molecule has 2 heterocycles. The van der Waals surface area contributed by atoms with Crippen molar-refractivity contribution in [2.75, 3.05) is 0 Å². The molecule has 0 amide bonds. The van der Waals surface area contributed by atoms with Gasteiger partial charge in [0.1, 0.15) is 0 Å². The number of fused-ring (bicyclic) bond motifs is 7. The molecule has 0 bridgehead atoms. The van der Waals surface area contributed by atoms with Gasteiger partial charge in [0.15, 0.2) is 0 Å². The molecule has 0 spiro atoms. The Bertz CT molecular complexity index is 1580. The molecule has 0 aliphatic carbocycles. The van der Waals surface area contributed by atoms with Crippen molar-refractivity contribution in [1.82, 2.24) is 9.55 Å². The van der Waals surface area contributed by atoms with Gasteiger partial charge in [0.05, 0.1) is 22.7 Å². The zero-order valence-corrected chi connectivity index (χ0v) is 15.7. The van der Waals surface area contributed by atoms with Crippen molar-refractivity contribution >= 4 is 43.6 Å². The van der Waals surface area contributed by atoms with Crippen molar-refractivity contribution in [3.63, 3.8) is 0 Å². The highest BCUT2D eigenvalue weighted by Gasteiger charge is 2.19. The quantitative estimate of drug-likeness (QED) is 0.379. The largest absolute Gasteiger partial charge is 0.353 e. The fourth-order valence-corrected chi connectivity index (χ4v) is 4.57. The lowest BCUT2D eigenvalue weighted by atomic mass is 10.0. The molecule has 3 heteroatoms. The predicted molar refractivity (Wildman–Crippen MR) is 119 cm³/mol. The van der Waals surface area contributed by atoms with Crippen LogP contribution < -0.4 is 0 Å². The average Bonchev–Trinajstić information content (AvgIpc) is 3.30. The lowest BCUT2D eigenvalue weighted by Crippen LogP contribution is -1.99. The maximum absolute atomic E-state index is 9.99. The molecule has 0 saturated carbocycles. The van der Waals surface area contributed by atoms with Gasteiger partial charge in [-0.1, -0.05) is 66.7 Å². The highest BCUT2D eigenvalue weighted by atomic mass is 15.0. The number of nitriles is 1. The molecule has 3 nitrogen and oxygen atoms in total. The van der Waals surface area contributed by atoms with Crippen molar-refractivity contribution in [3.8, 4) is 6.07 Å². The second kappa shape index (κ2) is 5.98. The van der Waals surface area contributed by atoms with E-state index in [1.807, 2.05) is 30.3 Å². The average molecular weight is 371 g/mol. The van der Waals surface area contributed by atoms with Crippen LogP contribution in [0.15, 0.2) is 84.9 Å². The standard InChI is InChI=1S/C26H17N3/c27-15-18-14-21-19-10-4-6-12-22(19)28-25(21)26-24(18)20-11-5-7-13-23(20)29(26)16-17-8-2-1-3-9-17/h1-14,28H,16H2. The SMILES string of the molecule is N#Cc1cc2c3ccccc3[nH]c2c2c1c1ccccc1n2Cc1ccccc1. The fraction of sp³-hybridized carbons (Fsp3) is 0.0385. The Morgan fingerprint density at radius 2 is 1.52 bits per heavy atom. The van der Waals surface area contributed by atoms with Crippen LogP contribution in [0.1, 0.15) is 11.1 Å². The number of aromatic amines is 1. The molecular formula is C26H17N3. The number of H-pyrrole nitrogens is 1. The Hall–Kier alpha value is -4.03. The van der Waals surface area contributed by atoms with Crippen LogP contribution in [0.4, 0.5) is 0 Å². The van der Waals surface area contributed by atoms with Gasteiger partial charge in [-0.05, 0) is 23.8 Å². The van der Waals surface area contributed by atoms with E-state index >= 15 is 0 Å². The van der Waals surface area contributed by atoms with Gasteiger partial charge in [0.2, 0.25) is 0 Å². The summed E-state index contributed by atoms with van der Waals surface area (Å²) in [6, 6.07) is 31.7. The first-order chi connectivity index (χ1) is 14.3. The number of aromatic nitrogens is 2.